The fourth-order valence-electron chi connectivity index (χ4n) is 12.4. The van der Waals surface area contributed by atoms with Crippen LogP contribution in [0.3, 0.4) is 0 Å². The molecule has 11 aromatic rings. The minimum atomic E-state index is -0.687. The molecular formula is C72H52N2. The molecule has 1 heterocycles. The SMILES string of the molecule is C=CC1=C(C=C)C2(C(C=C)=C(/C=C\C)c3cccc(-c4cccc(N(c5ccc(-c6ccccc6)cc5)c5ccc(-c6ccc(-n7c8ccccc8c8ccccc87)cc6)cc5)c4)c32)c2ccc3ccccc3c21. The minimum Gasteiger partial charge on any atom is -0.310 e. The minimum absolute atomic E-state index is 0.687. The molecule has 0 saturated heterocycles. The van der Waals surface area contributed by atoms with Crippen LogP contribution in [0, 0.1) is 0 Å². The lowest BCUT2D eigenvalue weighted by Crippen LogP contribution is -2.28. The first-order valence-electron chi connectivity index (χ1n) is 25.5. The average molecular weight is 945 g/mol. The molecule has 0 fully saturated rings. The molecule has 2 nitrogen and oxygen atoms in total. The highest BCUT2D eigenvalue weighted by Gasteiger charge is 2.53. The van der Waals surface area contributed by atoms with Gasteiger partial charge in [0.25, 0.3) is 0 Å². The van der Waals surface area contributed by atoms with Gasteiger partial charge in [-0.2, -0.15) is 0 Å². The Bertz CT molecular complexity index is 4110. The molecule has 0 amide bonds. The molecule has 1 spiro atoms. The fourth-order valence-corrected chi connectivity index (χ4v) is 12.4. The molecule has 0 saturated carbocycles. The number of hydrogen-bond donors (Lipinski definition) is 0. The van der Waals surface area contributed by atoms with Crippen LogP contribution in [-0.4, -0.2) is 4.57 Å². The molecule has 0 aliphatic heterocycles. The molecule has 74 heavy (non-hydrogen) atoms. The number of para-hydroxylation sites is 2. The highest BCUT2D eigenvalue weighted by atomic mass is 15.1. The molecule has 0 bridgehead atoms. The van der Waals surface area contributed by atoms with E-state index in [0.29, 0.717) is 0 Å². The predicted octanol–water partition coefficient (Wildman–Crippen LogP) is 19.4. The summed E-state index contributed by atoms with van der Waals surface area (Å²) < 4.78 is 2.37. The van der Waals surface area contributed by atoms with Gasteiger partial charge in [0.1, 0.15) is 0 Å². The Morgan fingerprint density at radius 2 is 0.946 bits per heavy atom. The maximum atomic E-state index is 4.54. The van der Waals surface area contributed by atoms with E-state index in [1.807, 2.05) is 6.08 Å². The van der Waals surface area contributed by atoms with Gasteiger partial charge in [0, 0.05) is 33.5 Å². The quantitative estimate of drug-likeness (QED) is 0.125. The van der Waals surface area contributed by atoms with Gasteiger partial charge >= 0.3 is 0 Å². The van der Waals surface area contributed by atoms with Crippen molar-refractivity contribution in [2.24, 2.45) is 0 Å². The zero-order chi connectivity index (χ0) is 49.9. The summed E-state index contributed by atoms with van der Waals surface area (Å²) in [5, 5.41) is 4.92. The Kier molecular flexibility index (Phi) is 10.8. The molecule has 2 heteroatoms. The van der Waals surface area contributed by atoms with Gasteiger partial charge in [0.05, 0.1) is 16.4 Å². The van der Waals surface area contributed by atoms with Crippen molar-refractivity contribution in [1.82, 2.24) is 4.57 Å². The van der Waals surface area contributed by atoms with Crippen LogP contribution in [0.15, 0.2) is 292 Å². The predicted molar refractivity (Wildman–Crippen MR) is 316 cm³/mol. The van der Waals surface area contributed by atoms with Gasteiger partial charge < -0.3 is 9.47 Å². The highest BCUT2D eigenvalue weighted by molar-refractivity contribution is 6.10. The number of benzene rings is 10. The van der Waals surface area contributed by atoms with E-state index in [0.717, 1.165) is 61.7 Å². The average Bonchev–Trinajstić information content (AvgIpc) is 4.09. The summed E-state index contributed by atoms with van der Waals surface area (Å²) in [5.41, 5.74) is 22.4. The van der Waals surface area contributed by atoms with Gasteiger partial charge in [0.15, 0.2) is 0 Å². The van der Waals surface area contributed by atoms with E-state index in [9.17, 15) is 0 Å². The number of allylic oxidation sites excluding steroid dienone is 9. The summed E-state index contributed by atoms with van der Waals surface area (Å²) in [7, 11) is 0. The third-order valence-electron chi connectivity index (χ3n) is 15.5. The maximum Gasteiger partial charge on any atom is 0.0731 e. The first-order chi connectivity index (χ1) is 36.5. The second-order valence-corrected chi connectivity index (χ2v) is 19.2. The number of anilines is 3. The Morgan fingerprint density at radius 1 is 0.419 bits per heavy atom. The molecule has 13 rings (SSSR count). The Hall–Kier alpha value is -9.50. The number of fused-ring (bicyclic) bond motifs is 9. The fraction of sp³-hybridized carbons (Fsp3) is 0.0278. The van der Waals surface area contributed by atoms with Crippen LogP contribution in [0.4, 0.5) is 17.1 Å². The summed E-state index contributed by atoms with van der Waals surface area (Å²) in [5.74, 6) is 0. The molecule has 10 aromatic carbocycles. The summed E-state index contributed by atoms with van der Waals surface area (Å²) in [6, 6.07) is 84.0. The van der Waals surface area contributed by atoms with E-state index in [1.54, 1.807) is 0 Å². The zero-order valence-corrected chi connectivity index (χ0v) is 41.3. The molecule has 2 aliphatic carbocycles. The molecule has 350 valence electrons. The van der Waals surface area contributed by atoms with Gasteiger partial charge in [-0.05, 0) is 156 Å². The standard InChI is InChI=1S/C72H52N2/c1-5-20-61-64-30-19-29-60(71(64)72(66(61)8-4)65(7-3)58(6-2)70-59-26-13-12-23-52(59)39-46-67(70)72)53-24-18-25-57(47-53)73(54-40-33-49(34-41-54)48-21-10-9-11-22-48)55-42-35-50(36-43-55)51-37-44-56(45-38-51)74-68-31-16-14-27-62(68)63-28-15-17-32-69(63)74/h5-47H,2-4H2,1H3/b20-5-. The molecule has 1 aromatic heterocycles. The lowest BCUT2D eigenvalue weighted by Gasteiger charge is -2.34. The molecule has 1 unspecified atom stereocenters. The lowest BCUT2D eigenvalue weighted by atomic mass is 9.66. The first kappa shape index (κ1) is 44.4. The van der Waals surface area contributed by atoms with Crippen LogP contribution in [0.1, 0.15) is 29.2 Å². The van der Waals surface area contributed by atoms with Crippen molar-refractivity contribution in [2.75, 3.05) is 4.90 Å². The van der Waals surface area contributed by atoms with Crippen LogP contribution in [0.2, 0.25) is 0 Å². The Labute approximate surface area is 433 Å². The maximum absolute atomic E-state index is 4.54. The monoisotopic (exact) mass is 944 g/mol. The van der Waals surface area contributed by atoms with Gasteiger partial charge in [-0.15, -0.1) is 0 Å². The van der Waals surface area contributed by atoms with Crippen molar-refractivity contribution in [3.63, 3.8) is 0 Å². The number of aromatic nitrogens is 1. The number of nitrogens with zero attached hydrogens (tertiary/aromatic N) is 2. The van der Waals surface area contributed by atoms with Crippen LogP contribution in [0.25, 0.3) is 82.8 Å². The van der Waals surface area contributed by atoms with Crippen LogP contribution in [0.5, 0.6) is 0 Å². The van der Waals surface area contributed by atoms with Crippen molar-refractivity contribution in [3.05, 3.63) is 314 Å². The van der Waals surface area contributed by atoms with Gasteiger partial charge in [-0.3, -0.25) is 0 Å². The summed E-state index contributed by atoms with van der Waals surface area (Å²) in [4.78, 5) is 2.38. The van der Waals surface area contributed by atoms with Crippen molar-refractivity contribution in [1.29, 1.82) is 0 Å². The summed E-state index contributed by atoms with van der Waals surface area (Å²) in [6.45, 7) is 15.6. The smallest absolute Gasteiger partial charge is 0.0731 e. The summed E-state index contributed by atoms with van der Waals surface area (Å²) in [6.07, 6.45) is 10.6. The largest absolute Gasteiger partial charge is 0.310 e. The van der Waals surface area contributed by atoms with Crippen LogP contribution in [-0.2, 0) is 5.41 Å². The second kappa shape index (κ2) is 18.0. The first-order valence-corrected chi connectivity index (χ1v) is 25.5. The van der Waals surface area contributed by atoms with E-state index in [1.165, 1.54) is 71.5 Å². The topological polar surface area (TPSA) is 8.17 Å². The van der Waals surface area contributed by atoms with E-state index in [2.05, 4.69) is 291 Å². The molecule has 0 N–H and O–H groups in total. The van der Waals surface area contributed by atoms with Crippen LogP contribution < -0.4 is 4.90 Å². The lowest BCUT2D eigenvalue weighted by molar-refractivity contribution is 0.783. The van der Waals surface area contributed by atoms with Crippen LogP contribution >= 0.6 is 0 Å². The van der Waals surface area contributed by atoms with Gasteiger partial charge in [0.2, 0.25) is 0 Å². The molecule has 1 atom stereocenters. The highest BCUT2D eigenvalue weighted by Crippen LogP contribution is 2.64. The number of hydrogen-bond acceptors (Lipinski definition) is 1. The van der Waals surface area contributed by atoms with E-state index in [4.69, 9.17) is 0 Å². The van der Waals surface area contributed by atoms with E-state index < -0.39 is 5.41 Å². The van der Waals surface area contributed by atoms with Gasteiger partial charge in [-0.25, -0.2) is 0 Å². The zero-order valence-electron chi connectivity index (χ0n) is 41.3. The Balaban J connectivity index is 0.945. The second-order valence-electron chi connectivity index (χ2n) is 19.2. The van der Waals surface area contributed by atoms with Crippen molar-refractivity contribution in [3.8, 4) is 39.1 Å². The number of rotatable bonds is 11. The van der Waals surface area contributed by atoms with E-state index >= 15 is 0 Å². The van der Waals surface area contributed by atoms with Crippen molar-refractivity contribution in [2.45, 2.75) is 12.3 Å². The van der Waals surface area contributed by atoms with Crippen molar-refractivity contribution >= 4 is 60.8 Å². The normalized spacial score (nSPS) is 14.9. The third kappa shape index (κ3) is 6.72. The van der Waals surface area contributed by atoms with Gasteiger partial charge in [-0.1, -0.05) is 220 Å². The third-order valence-corrected chi connectivity index (χ3v) is 15.5. The Morgan fingerprint density at radius 3 is 1.57 bits per heavy atom. The molecule has 2 aliphatic rings. The van der Waals surface area contributed by atoms with Crippen molar-refractivity contribution < 1.29 is 0 Å². The summed E-state index contributed by atoms with van der Waals surface area (Å²) >= 11 is 0. The molecule has 0 radical (unpaired) electrons. The van der Waals surface area contributed by atoms with E-state index in [-0.39, 0.29) is 0 Å². The molecular weight excluding hydrogens is 893 g/mol.